The van der Waals surface area contributed by atoms with Gasteiger partial charge in [0.25, 0.3) is 5.91 Å². The van der Waals surface area contributed by atoms with E-state index in [1.165, 1.54) is 4.88 Å². The highest BCUT2D eigenvalue weighted by Crippen LogP contribution is 2.18. The molecule has 0 radical (unpaired) electrons. The zero-order valence-corrected chi connectivity index (χ0v) is 18.6. The molecule has 0 aliphatic carbocycles. The Hall–Kier alpha value is -2.23. The van der Waals surface area contributed by atoms with Gasteiger partial charge in [-0.2, -0.15) is 0 Å². The van der Waals surface area contributed by atoms with Crippen molar-refractivity contribution < 1.29 is 18.0 Å². The number of hydrogen-bond acceptors (Lipinski definition) is 5. The molecule has 2 heterocycles. The van der Waals surface area contributed by atoms with Crippen LogP contribution in [-0.2, 0) is 21.2 Å². The van der Waals surface area contributed by atoms with Gasteiger partial charge in [0.2, 0.25) is 15.9 Å². The summed E-state index contributed by atoms with van der Waals surface area (Å²) in [4.78, 5) is 28.0. The number of sulfonamides is 1. The normalized spacial score (nSPS) is 17.0. The van der Waals surface area contributed by atoms with Crippen LogP contribution in [0.4, 0.5) is 5.69 Å². The monoisotopic (exact) mass is 449 g/mol. The Kier molecular flexibility index (Phi) is 7.63. The maximum absolute atomic E-state index is 12.9. The van der Waals surface area contributed by atoms with Gasteiger partial charge in [-0.3, -0.25) is 9.59 Å². The van der Waals surface area contributed by atoms with E-state index in [0.29, 0.717) is 37.2 Å². The van der Waals surface area contributed by atoms with Crippen LogP contribution >= 0.6 is 11.3 Å². The Morgan fingerprint density at radius 1 is 1.23 bits per heavy atom. The minimum atomic E-state index is -3.31. The van der Waals surface area contributed by atoms with Crippen molar-refractivity contribution in [1.29, 1.82) is 0 Å². The van der Waals surface area contributed by atoms with Gasteiger partial charge in [-0.25, -0.2) is 13.1 Å². The van der Waals surface area contributed by atoms with E-state index in [2.05, 4.69) is 16.1 Å². The van der Waals surface area contributed by atoms with Crippen LogP contribution in [0.15, 0.2) is 41.8 Å². The van der Waals surface area contributed by atoms with Crippen molar-refractivity contribution >= 4 is 38.9 Å². The lowest BCUT2D eigenvalue weighted by Crippen LogP contribution is -2.49. The Labute approximate surface area is 181 Å². The molecule has 1 aliphatic rings. The second-order valence-corrected chi connectivity index (χ2v) is 10.4. The molecule has 1 aromatic heterocycles. The summed E-state index contributed by atoms with van der Waals surface area (Å²) in [5.41, 5.74) is 1.07. The largest absolute Gasteiger partial charge is 0.337 e. The van der Waals surface area contributed by atoms with Crippen LogP contribution in [0.3, 0.4) is 0 Å². The van der Waals surface area contributed by atoms with Crippen LogP contribution < -0.4 is 10.0 Å². The van der Waals surface area contributed by atoms with Gasteiger partial charge in [0.1, 0.15) is 0 Å². The predicted molar refractivity (Wildman–Crippen MR) is 119 cm³/mol. The molecule has 1 saturated heterocycles. The number of likely N-dealkylation sites (tertiary alicyclic amines) is 1. The Bertz CT molecular complexity index is 974. The second-order valence-electron chi connectivity index (χ2n) is 7.54. The van der Waals surface area contributed by atoms with Crippen LogP contribution in [-0.4, -0.2) is 50.5 Å². The maximum Gasteiger partial charge on any atom is 0.253 e. The van der Waals surface area contributed by atoms with Crippen LogP contribution in [0.25, 0.3) is 0 Å². The van der Waals surface area contributed by atoms with E-state index in [4.69, 9.17) is 0 Å². The van der Waals surface area contributed by atoms with Gasteiger partial charge in [-0.15, -0.1) is 11.3 Å². The highest BCUT2D eigenvalue weighted by Gasteiger charge is 2.26. The fourth-order valence-corrected chi connectivity index (χ4v) is 5.12. The Balaban J connectivity index is 1.54. The minimum Gasteiger partial charge on any atom is -0.337 e. The summed E-state index contributed by atoms with van der Waals surface area (Å²) >= 11 is 1.69. The summed E-state index contributed by atoms with van der Waals surface area (Å²) in [5.74, 6) is -0.240. The zero-order valence-electron chi connectivity index (χ0n) is 17.0. The quantitative estimate of drug-likeness (QED) is 0.648. The maximum atomic E-state index is 12.9. The van der Waals surface area contributed by atoms with E-state index in [1.54, 1.807) is 40.5 Å². The number of carbonyl (C=O) groups is 2. The first kappa shape index (κ1) is 22.5. The molecule has 2 amide bonds. The first-order valence-electron chi connectivity index (χ1n) is 9.99. The molecule has 1 fully saturated rings. The lowest BCUT2D eigenvalue weighted by molar-refractivity contribution is -0.116. The molecule has 0 spiro atoms. The first-order valence-corrected chi connectivity index (χ1v) is 12.8. The summed E-state index contributed by atoms with van der Waals surface area (Å²) in [6.45, 7) is 0.922. The predicted octanol–water partition coefficient (Wildman–Crippen LogP) is 2.86. The molecule has 1 unspecified atom stereocenters. The number of aryl methyl sites for hydroxylation is 1. The molecular formula is C21H27N3O4S2. The number of nitrogens with zero attached hydrogens (tertiary/aromatic N) is 1. The van der Waals surface area contributed by atoms with E-state index >= 15 is 0 Å². The lowest BCUT2D eigenvalue weighted by Gasteiger charge is -2.32. The van der Waals surface area contributed by atoms with Crippen molar-refractivity contribution in [3.05, 3.63) is 52.2 Å². The third-order valence-electron chi connectivity index (χ3n) is 4.89. The highest BCUT2D eigenvalue weighted by atomic mass is 32.2. The molecule has 1 aromatic carbocycles. The summed E-state index contributed by atoms with van der Waals surface area (Å²) in [6, 6.07) is 10.7. The molecule has 9 heteroatoms. The topological polar surface area (TPSA) is 95.6 Å². The van der Waals surface area contributed by atoms with E-state index < -0.39 is 10.0 Å². The molecule has 1 aliphatic heterocycles. The molecule has 1 atom stereocenters. The van der Waals surface area contributed by atoms with Crippen molar-refractivity contribution in [2.75, 3.05) is 24.7 Å². The zero-order chi connectivity index (χ0) is 21.6. The summed E-state index contributed by atoms with van der Waals surface area (Å²) in [6.07, 6.45) is 4.63. The number of thiophene rings is 1. The fourth-order valence-electron chi connectivity index (χ4n) is 3.57. The Morgan fingerprint density at radius 2 is 2.07 bits per heavy atom. The van der Waals surface area contributed by atoms with Crippen LogP contribution in [0.2, 0.25) is 0 Å². The SMILES string of the molecule is CS(=O)(=O)NC1CCCN(C(=O)c2cccc(NC(=O)CCCc3cccs3)c2)C1. The molecule has 2 N–H and O–H groups in total. The smallest absolute Gasteiger partial charge is 0.253 e. The molecule has 7 nitrogen and oxygen atoms in total. The lowest BCUT2D eigenvalue weighted by atomic mass is 10.0. The number of carbonyl (C=O) groups excluding carboxylic acids is 2. The van der Waals surface area contributed by atoms with E-state index in [-0.39, 0.29) is 17.9 Å². The molecule has 2 aromatic rings. The van der Waals surface area contributed by atoms with Gasteiger partial charge < -0.3 is 10.2 Å². The number of benzene rings is 1. The van der Waals surface area contributed by atoms with Gasteiger partial charge in [0, 0.05) is 41.7 Å². The summed E-state index contributed by atoms with van der Waals surface area (Å²) in [5, 5.41) is 4.89. The van der Waals surface area contributed by atoms with Crippen LogP contribution in [0.1, 0.15) is 40.9 Å². The van der Waals surface area contributed by atoms with Gasteiger partial charge in [-0.05, 0) is 55.3 Å². The van der Waals surface area contributed by atoms with Crippen LogP contribution in [0.5, 0.6) is 0 Å². The van der Waals surface area contributed by atoms with E-state index in [0.717, 1.165) is 25.5 Å². The van der Waals surface area contributed by atoms with Crippen molar-refractivity contribution in [3.8, 4) is 0 Å². The summed E-state index contributed by atoms with van der Waals surface area (Å²) < 4.78 is 25.5. The third-order valence-corrected chi connectivity index (χ3v) is 6.59. The van der Waals surface area contributed by atoms with Crippen LogP contribution in [0, 0.1) is 0 Å². The number of anilines is 1. The number of piperidine rings is 1. The van der Waals surface area contributed by atoms with Crippen molar-refractivity contribution in [2.24, 2.45) is 0 Å². The van der Waals surface area contributed by atoms with E-state index in [9.17, 15) is 18.0 Å². The first-order chi connectivity index (χ1) is 14.3. The third kappa shape index (κ3) is 6.93. The van der Waals surface area contributed by atoms with Crippen molar-refractivity contribution in [1.82, 2.24) is 9.62 Å². The average Bonchev–Trinajstić information content (AvgIpc) is 3.20. The van der Waals surface area contributed by atoms with E-state index in [1.807, 2.05) is 11.4 Å². The van der Waals surface area contributed by atoms with Gasteiger partial charge in [-0.1, -0.05) is 12.1 Å². The van der Waals surface area contributed by atoms with Crippen molar-refractivity contribution in [3.63, 3.8) is 0 Å². The van der Waals surface area contributed by atoms with Crippen molar-refractivity contribution in [2.45, 2.75) is 38.1 Å². The molecule has 0 bridgehead atoms. The molecule has 0 saturated carbocycles. The van der Waals surface area contributed by atoms with Gasteiger partial charge in [0.15, 0.2) is 0 Å². The molecular weight excluding hydrogens is 422 g/mol. The molecule has 162 valence electrons. The van der Waals surface area contributed by atoms with Gasteiger partial charge >= 0.3 is 0 Å². The average molecular weight is 450 g/mol. The molecule has 3 rings (SSSR count). The van der Waals surface area contributed by atoms with Gasteiger partial charge in [0.05, 0.1) is 6.26 Å². The number of hydrogen-bond donors (Lipinski definition) is 2. The second kappa shape index (κ2) is 10.2. The number of amides is 2. The summed E-state index contributed by atoms with van der Waals surface area (Å²) in [7, 11) is -3.31. The highest BCUT2D eigenvalue weighted by molar-refractivity contribution is 7.88. The fraction of sp³-hybridized carbons (Fsp3) is 0.429. The molecule has 30 heavy (non-hydrogen) atoms. The number of rotatable bonds is 8. The number of nitrogens with one attached hydrogen (secondary N) is 2. The Morgan fingerprint density at radius 3 is 2.80 bits per heavy atom. The minimum absolute atomic E-state index is 0.0773. The standard InChI is InChI=1S/C21H27N3O4S2/c1-30(27,28)23-18-8-4-12-24(15-18)21(26)16-6-2-7-17(14-16)22-20(25)11-3-9-19-10-5-13-29-19/h2,5-7,10,13-14,18,23H,3-4,8-9,11-12,15H2,1H3,(H,22,25).